The molecule has 4 amide bonds. The van der Waals surface area contributed by atoms with Gasteiger partial charge in [-0.2, -0.15) is 5.48 Å². The zero-order chi connectivity index (χ0) is 34.1. The minimum atomic E-state index is -1.68. The fourth-order valence-corrected chi connectivity index (χ4v) is 5.88. The van der Waals surface area contributed by atoms with Gasteiger partial charge in [-0.1, -0.05) is 12.1 Å². The number of nitrogens with one attached hydrogen (secondary N) is 4. The summed E-state index contributed by atoms with van der Waals surface area (Å²) in [6.45, 7) is 3.02. The molecule has 2 aliphatic heterocycles. The Bertz CT molecular complexity index is 1280. The number of rotatable bonds is 15. The average molecular weight is 648 g/mol. The van der Waals surface area contributed by atoms with Gasteiger partial charge in [-0.05, 0) is 63.8 Å². The zero-order valence-corrected chi connectivity index (χ0v) is 26.0. The van der Waals surface area contributed by atoms with Crippen LogP contribution in [0.4, 0.5) is 0 Å². The minimum absolute atomic E-state index is 0.0500. The molecule has 16 heteroatoms. The number of carbonyl (C=O) groups excluding carboxylic acids is 5. The summed E-state index contributed by atoms with van der Waals surface area (Å²) in [4.78, 5) is 68.4. The Morgan fingerprint density at radius 3 is 2.28 bits per heavy atom. The summed E-state index contributed by atoms with van der Waals surface area (Å²) in [5.74, 6) is -3.81. The number of aliphatic hydroxyl groups excluding tert-OH is 2. The summed E-state index contributed by atoms with van der Waals surface area (Å²) in [7, 11) is 0. The first-order chi connectivity index (χ1) is 21.8. The highest BCUT2D eigenvalue weighted by molar-refractivity contribution is 6.06. The molecule has 7 unspecified atom stereocenters. The summed E-state index contributed by atoms with van der Waals surface area (Å²) in [6, 6.07) is -0.327. The number of hydrogen-bond acceptors (Lipinski definition) is 12. The summed E-state index contributed by atoms with van der Waals surface area (Å²) >= 11 is 0. The van der Waals surface area contributed by atoms with Crippen molar-refractivity contribution in [2.24, 2.45) is 5.73 Å². The van der Waals surface area contributed by atoms with Crippen LogP contribution in [-0.4, -0.2) is 121 Å². The third-order valence-corrected chi connectivity index (χ3v) is 8.36. The van der Waals surface area contributed by atoms with E-state index in [9.17, 15) is 44.5 Å². The number of likely N-dealkylation sites (tertiary alicyclic amines) is 2. The normalized spacial score (nSPS) is 22.1. The van der Waals surface area contributed by atoms with Crippen molar-refractivity contribution < 1.29 is 44.5 Å². The second-order valence-corrected chi connectivity index (χ2v) is 11.8. The first-order valence-electron chi connectivity index (χ1n) is 15.3. The van der Waals surface area contributed by atoms with Gasteiger partial charge in [0.2, 0.25) is 23.6 Å². The number of hydrogen-bond donors (Lipinski definition) is 9. The van der Waals surface area contributed by atoms with Crippen molar-refractivity contribution >= 4 is 35.1 Å². The molecule has 7 atom stereocenters. The summed E-state index contributed by atoms with van der Waals surface area (Å²) < 4.78 is 0. The number of carbonyl (C=O) groups is 5. The number of nitrogens with zero attached hydrogens (tertiary/aromatic N) is 2. The van der Waals surface area contributed by atoms with E-state index in [2.05, 4.69) is 10.6 Å². The zero-order valence-electron chi connectivity index (χ0n) is 26.0. The highest BCUT2D eigenvalue weighted by Crippen LogP contribution is 2.24. The number of β-amino-alcohol motifs (C(OH)–C–C–N with tert-alkyl or cyclic N) is 1. The molecule has 0 saturated carbocycles. The molecular formula is C30H45N7O9. The average Bonchev–Trinajstić information content (AvgIpc) is 3.66. The molecule has 2 fully saturated rings. The van der Waals surface area contributed by atoms with Crippen molar-refractivity contribution in [2.45, 2.75) is 94.8 Å². The van der Waals surface area contributed by atoms with Gasteiger partial charge in [-0.15, -0.1) is 0 Å². The lowest BCUT2D eigenvalue weighted by atomic mass is 9.99. The Morgan fingerprint density at radius 2 is 1.70 bits per heavy atom. The maximum Gasteiger partial charge on any atom is 0.250 e. The van der Waals surface area contributed by atoms with Crippen molar-refractivity contribution in [3.05, 3.63) is 29.8 Å². The molecule has 0 aliphatic carbocycles. The fourth-order valence-electron chi connectivity index (χ4n) is 5.88. The molecular weight excluding hydrogens is 602 g/mol. The molecule has 1 aromatic carbocycles. The summed E-state index contributed by atoms with van der Waals surface area (Å²) in [5, 5.41) is 53.6. The van der Waals surface area contributed by atoms with Gasteiger partial charge in [0.1, 0.15) is 23.9 Å². The quantitative estimate of drug-likeness (QED) is 0.0598. The van der Waals surface area contributed by atoms with E-state index in [-0.39, 0.29) is 38.1 Å². The topological polar surface area (TPSA) is 259 Å². The van der Waals surface area contributed by atoms with E-state index in [0.29, 0.717) is 37.1 Å². The number of amides is 4. The molecule has 0 radical (unpaired) electrons. The van der Waals surface area contributed by atoms with Crippen LogP contribution in [0.2, 0.25) is 0 Å². The maximum atomic E-state index is 13.8. The SMILES string of the molecule is CC(=N)C1CCCN1C(=O)C(CCCN)NC(=O)C(CC(O)c1ccc(O)cc1)NC(=O)C1CC(O)CN1C(=O)C(NO)C(C)=O. The summed E-state index contributed by atoms with van der Waals surface area (Å²) in [6.07, 6.45) is -1.16. The number of nitrogens with two attached hydrogens (primary N) is 1. The van der Waals surface area contributed by atoms with Crippen molar-refractivity contribution in [3.63, 3.8) is 0 Å². The van der Waals surface area contributed by atoms with Gasteiger partial charge in [-0.3, -0.25) is 24.0 Å². The predicted molar refractivity (Wildman–Crippen MR) is 163 cm³/mol. The number of aliphatic hydroxyl groups is 2. The van der Waals surface area contributed by atoms with Gasteiger partial charge in [0.15, 0.2) is 11.8 Å². The van der Waals surface area contributed by atoms with E-state index in [1.807, 2.05) is 0 Å². The van der Waals surface area contributed by atoms with Gasteiger partial charge in [0.25, 0.3) is 0 Å². The van der Waals surface area contributed by atoms with Crippen molar-refractivity contribution in [1.29, 1.82) is 5.41 Å². The van der Waals surface area contributed by atoms with E-state index in [1.54, 1.807) is 17.3 Å². The van der Waals surface area contributed by atoms with E-state index in [1.165, 1.54) is 24.3 Å². The molecule has 0 bridgehead atoms. The van der Waals surface area contributed by atoms with E-state index < -0.39 is 71.8 Å². The Morgan fingerprint density at radius 1 is 1.02 bits per heavy atom. The Hall–Kier alpha value is -3.96. The standard InChI is InChI=1S/C30H45N7O9/c1-16(32)23-6-4-12-36(23)29(44)21(5-3-11-31)33-27(42)22(14-25(41)18-7-9-19(39)10-8-18)34-28(43)24-13-20(40)15-37(24)30(45)26(35-46)17(2)38/h7-10,20-26,32,35,39-41,46H,3-6,11-15,31H2,1-2H3,(H,33,42)(H,34,43). The smallest absolute Gasteiger partial charge is 0.250 e. The molecule has 46 heavy (non-hydrogen) atoms. The molecule has 2 aliphatic rings. The number of Topliss-reactive ketones (excluding diaryl/α,β-unsaturated/α-hetero) is 1. The van der Waals surface area contributed by atoms with Crippen LogP contribution in [0.3, 0.4) is 0 Å². The molecule has 16 nitrogen and oxygen atoms in total. The second kappa shape index (κ2) is 16.6. The van der Waals surface area contributed by atoms with Crippen molar-refractivity contribution in [2.75, 3.05) is 19.6 Å². The number of benzene rings is 1. The van der Waals surface area contributed by atoms with E-state index in [4.69, 9.17) is 11.1 Å². The lowest BCUT2D eigenvalue weighted by Crippen LogP contribution is -2.59. The summed E-state index contributed by atoms with van der Waals surface area (Å²) in [5.41, 5.74) is 7.96. The van der Waals surface area contributed by atoms with Gasteiger partial charge < -0.3 is 52.1 Å². The van der Waals surface area contributed by atoms with Gasteiger partial charge in [0.05, 0.1) is 18.2 Å². The number of ketones is 1. The van der Waals surface area contributed by atoms with Crippen LogP contribution in [-0.2, 0) is 24.0 Å². The van der Waals surface area contributed by atoms with Crippen LogP contribution in [0.15, 0.2) is 24.3 Å². The highest BCUT2D eigenvalue weighted by atomic mass is 16.5. The van der Waals surface area contributed by atoms with Gasteiger partial charge in [-0.25, -0.2) is 0 Å². The number of phenols is 1. The highest BCUT2D eigenvalue weighted by Gasteiger charge is 2.43. The number of phenolic OH excluding ortho intramolecular Hbond substituents is 1. The Balaban J connectivity index is 1.88. The van der Waals surface area contributed by atoms with Crippen LogP contribution >= 0.6 is 0 Å². The monoisotopic (exact) mass is 647 g/mol. The Kier molecular flexibility index (Phi) is 13.1. The molecule has 0 aromatic heterocycles. The van der Waals surface area contributed by atoms with Crippen molar-refractivity contribution in [3.8, 4) is 5.75 Å². The second-order valence-electron chi connectivity index (χ2n) is 11.8. The van der Waals surface area contributed by atoms with Crippen LogP contribution in [0, 0.1) is 5.41 Å². The molecule has 2 heterocycles. The molecule has 10 N–H and O–H groups in total. The molecule has 3 rings (SSSR count). The van der Waals surface area contributed by atoms with E-state index >= 15 is 0 Å². The van der Waals surface area contributed by atoms with Crippen LogP contribution < -0.4 is 21.8 Å². The fraction of sp³-hybridized carbons (Fsp3) is 0.600. The third-order valence-electron chi connectivity index (χ3n) is 8.36. The third kappa shape index (κ3) is 9.07. The first kappa shape index (κ1) is 36.5. The van der Waals surface area contributed by atoms with Gasteiger partial charge in [0, 0.05) is 31.6 Å². The minimum Gasteiger partial charge on any atom is -0.508 e. The van der Waals surface area contributed by atoms with Crippen LogP contribution in [0.5, 0.6) is 5.75 Å². The molecule has 254 valence electrons. The van der Waals surface area contributed by atoms with Crippen molar-refractivity contribution in [1.82, 2.24) is 25.9 Å². The Labute approximate surface area is 266 Å². The lowest BCUT2D eigenvalue weighted by molar-refractivity contribution is -0.146. The molecule has 1 aromatic rings. The lowest BCUT2D eigenvalue weighted by Gasteiger charge is -2.31. The number of hydroxylamine groups is 1. The predicted octanol–water partition coefficient (Wildman–Crippen LogP) is -1.55. The molecule has 2 saturated heterocycles. The van der Waals surface area contributed by atoms with Gasteiger partial charge >= 0.3 is 0 Å². The largest absolute Gasteiger partial charge is 0.508 e. The number of aromatic hydroxyl groups is 1. The maximum absolute atomic E-state index is 13.8. The molecule has 0 spiro atoms. The van der Waals surface area contributed by atoms with Crippen LogP contribution in [0.1, 0.15) is 64.0 Å². The van der Waals surface area contributed by atoms with E-state index in [0.717, 1.165) is 11.8 Å². The first-order valence-corrected chi connectivity index (χ1v) is 15.3. The van der Waals surface area contributed by atoms with Crippen LogP contribution in [0.25, 0.3) is 0 Å².